The van der Waals surface area contributed by atoms with E-state index in [4.69, 9.17) is 0 Å². The van der Waals surface area contributed by atoms with Gasteiger partial charge in [0.15, 0.2) is 0 Å². The molecule has 0 bridgehead atoms. The van der Waals surface area contributed by atoms with E-state index < -0.39 is 11.1 Å². The zero-order valence-electron chi connectivity index (χ0n) is 11.1. The van der Waals surface area contributed by atoms with Crippen molar-refractivity contribution in [1.29, 1.82) is 0 Å². The van der Waals surface area contributed by atoms with Crippen LogP contribution in [0.1, 0.15) is 10.4 Å². The zero-order chi connectivity index (χ0) is 15.6. The number of thiophene rings is 1. The predicted molar refractivity (Wildman–Crippen MR) is 72.5 cm³/mol. The third-order valence-electron chi connectivity index (χ3n) is 3.13. The fourth-order valence-corrected chi connectivity index (χ4v) is 2.64. The molecule has 0 atom stereocenters. The quantitative estimate of drug-likeness (QED) is 0.867. The van der Waals surface area contributed by atoms with Crippen LogP contribution in [-0.4, -0.2) is 36.9 Å². The Balaban J connectivity index is 1.89. The summed E-state index contributed by atoms with van der Waals surface area (Å²) in [5.74, 6) is -0.629. The first kappa shape index (κ1) is 15.6. The molecule has 1 aliphatic heterocycles. The van der Waals surface area contributed by atoms with Crippen LogP contribution in [0.3, 0.4) is 0 Å². The van der Waals surface area contributed by atoms with E-state index in [-0.39, 0.29) is 17.7 Å². The highest BCUT2D eigenvalue weighted by Gasteiger charge is 2.34. The topological polar surface area (TPSA) is 49.4 Å². The van der Waals surface area contributed by atoms with Crippen molar-refractivity contribution in [3.05, 3.63) is 28.0 Å². The standard InChI is InChI=1S/C13H13F3N2O2S/c1-17-12(20)9-5-18(6-9)11(19)3-2-8-4-10(21-7-8)13(14,15)16/h2-4,7,9H,5-6H2,1H3,(H,17,20)/b3-2+. The Bertz CT molecular complexity index is 574. The van der Waals surface area contributed by atoms with Crippen molar-refractivity contribution < 1.29 is 22.8 Å². The molecule has 1 N–H and O–H groups in total. The Morgan fingerprint density at radius 2 is 2.10 bits per heavy atom. The van der Waals surface area contributed by atoms with E-state index in [1.54, 1.807) is 0 Å². The van der Waals surface area contributed by atoms with Gasteiger partial charge in [-0.15, -0.1) is 11.3 Å². The average Bonchev–Trinajstić information content (AvgIpc) is 2.82. The smallest absolute Gasteiger partial charge is 0.359 e. The summed E-state index contributed by atoms with van der Waals surface area (Å²) in [5, 5.41) is 3.84. The number of amides is 2. The number of carbonyl (C=O) groups is 2. The van der Waals surface area contributed by atoms with Crippen molar-refractivity contribution in [3.8, 4) is 0 Å². The highest BCUT2D eigenvalue weighted by molar-refractivity contribution is 7.10. The van der Waals surface area contributed by atoms with Gasteiger partial charge in [-0.05, 0) is 23.1 Å². The van der Waals surface area contributed by atoms with Gasteiger partial charge in [0.2, 0.25) is 11.8 Å². The Kier molecular flexibility index (Phi) is 4.36. The summed E-state index contributed by atoms with van der Waals surface area (Å²) < 4.78 is 37.3. The van der Waals surface area contributed by atoms with E-state index in [9.17, 15) is 22.8 Å². The average molecular weight is 318 g/mol. The zero-order valence-corrected chi connectivity index (χ0v) is 11.9. The fraction of sp³-hybridized carbons (Fsp3) is 0.385. The van der Waals surface area contributed by atoms with E-state index in [0.717, 1.165) is 6.07 Å². The second-order valence-corrected chi connectivity index (χ2v) is 5.54. The minimum absolute atomic E-state index is 0.115. The molecule has 0 spiro atoms. The third-order valence-corrected chi connectivity index (χ3v) is 4.12. The van der Waals surface area contributed by atoms with Crippen molar-refractivity contribution in [2.75, 3.05) is 20.1 Å². The van der Waals surface area contributed by atoms with Gasteiger partial charge in [-0.2, -0.15) is 13.2 Å². The fourth-order valence-electron chi connectivity index (χ4n) is 1.89. The van der Waals surface area contributed by atoms with E-state index >= 15 is 0 Å². The predicted octanol–water partition coefficient (Wildman–Crippen LogP) is 1.98. The molecule has 0 radical (unpaired) electrons. The second kappa shape index (κ2) is 5.88. The van der Waals surface area contributed by atoms with Crippen LogP contribution in [0.5, 0.6) is 0 Å². The first-order valence-corrected chi connectivity index (χ1v) is 7.03. The van der Waals surface area contributed by atoms with Gasteiger partial charge in [0.05, 0.1) is 5.92 Å². The molecule has 1 aliphatic rings. The number of alkyl halides is 3. The normalized spacial score (nSPS) is 16.1. The molecule has 0 aliphatic carbocycles. The van der Waals surface area contributed by atoms with Gasteiger partial charge in [-0.3, -0.25) is 9.59 Å². The lowest BCUT2D eigenvalue weighted by atomic mass is 9.99. The van der Waals surface area contributed by atoms with E-state index in [0.29, 0.717) is 30.0 Å². The monoisotopic (exact) mass is 318 g/mol. The number of hydrogen-bond donors (Lipinski definition) is 1. The molecule has 1 fully saturated rings. The van der Waals surface area contributed by atoms with Gasteiger partial charge in [-0.1, -0.05) is 0 Å². The summed E-state index contributed by atoms with van der Waals surface area (Å²) in [5.41, 5.74) is 0.337. The maximum absolute atomic E-state index is 12.4. The van der Waals surface area contributed by atoms with Gasteiger partial charge in [0.25, 0.3) is 0 Å². The van der Waals surface area contributed by atoms with Gasteiger partial charge < -0.3 is 10.2 Å². The lowest BCUT2D eigenvalue weighted by Gasteiger charge is -2.37. The number of nitrogens with one attached hydrogen (secondary N) is 1. The Morgan fingerprint density at radius 3 is 2.62 bits per heavy atom. The maximum Gasteiger partial charge on any atom is 0.425 e. The molecular formula is C13H13F3N2O2S. The van der Waals surface area contributed by atoms with E-state index in [2.05, 4.69) is 5.32 Å². The molecule has 114 valence electrons. The lowest BCUT2D eigenvalue weighted by Crippen LogP contribution is -2.54. The molecule has 2 amide bonds. The number of nitrogens with zero attached hydrogens (tertiary/aromatic N) is 1. The van der Waals surface area contributed by atoms with Gasteiger partial charge in [0, 0.05) is 26.2 Å². The number of carbonyl (C=O) groups excluding carboxylic acids is 2. The Labute approximate surface area is 123 Å². The summed E-state index contributed by atoms with van der Waals surface area (Å²) in [6.07, 6.45) is -1.79. The van der Waals surface area contributed by atoms with Crippen LogP contribution in [-0.2, 0) is 15.8 Å². The van der Waals surface area contributed by atoms with Crippen LogP contribution in [0.25, 0.3) is 6.08 Å². The molecule has 0 unspecified atom stereocenters. The van der Waals surface area contributed by atoms with Crippen LogP contribution < -0.4 is 5.32 Å². The molecule has 1 aromatic rings. The van der Waals surface area contributed by atoms with Gasteiger partial charge in [0.1, 0.15) is 4.88 Å². The van der Waals surface area contributed by atoms with Crippen molar-refractivity contribution in [1.82, 2.24) is 10.2 Å². The minimum atomic E-state index is -4.36. The SMILES string of the molecule is CNC(=O)C1CN(C(=O)/C=C/c2csc(C(F)(F)F)c2)C1. The molecule has 2 rings (SSSR count). The summed E-state index contributed by atoms with van der Waals surface area (Å²) in [6.45, 7) is 0.667. The Hall–Kier alpha value is -1.83. The van der Waals surface area contributed by atoms with Crippen LogP contribution in [0.4, 0.5) is 13.2 Å². The van der Waals surface area contributed by atoms with Crippen molar-refractivity contribution in [3.63, 3.8) is 0 Å². The summed E-state index contributed by atoms with van der Waals surface area (Å²) in [7, 11) is 1.53. The molecule has 0 saturated carbocycles. The maximum atomic E-state index is 12.4. The minimum Gasteiger partial charge on any atom is -0.359 e. The highest BCUT2D eigenvalue weighted by Crippen LogP contribution is 2.34. The molecule has 2 heterocycles. The van der Waals surface area contributed by atoms with E-state index in [1.807, 2.05) is 0 Å². The third kappa shape index (κ3) is 3.63. The first-order chi connectivity index (χ1) is 9.81. The van der Waals surface area contributed by atoms with Crippen LogP contribution in [0, 0.1) is 5.92 Å². The number of rotatable bonds is 3. The molecule has 8 heteroatoms. The van der Waals surface area contributed by atoms with Crippen LogP contribution in [0.2, 0.25) is 0 Å². The molecular weight excluding hydrogens is 305 g/mol. The number of halogens is 3. The lowest BCUT2D eigenvalue weighted by molar-refractivity contribution is -0.139. The summed E-state index contributed by atoms with van der Waals surface area (Å²) in [4.78, 5) is 23.8. The van der Waals surface area contributed by atoms with Gasteiger partial charge >= 0.3 is 6.18 Å². The van der Waals surface area contributed by atoms with Gasteiger partial charge in [-0.25, -0.2) is 0 Å². The van der Waals surface area contributed by atoms with E-state index in [1.165, 1.54) is 29.5 Å². The summed E-state index contributed by atoms with van der Waals surface area (Å²) >= 11 is 0.589. The summed E-state index contributed by atoms with van der Waals surface area (Å²) in [6, 6.07) is 0.998. The first-order valence-electron chi connectivity index (χ1n) is 6.15. The number of likely N-dealkylation sites (tertiary alicyclic amines) is 1. The van der Waals surface area contributed by atoms with Crippen molar-refractivity contribution in [2.24, 2.45) is 5.92 Å². The second-order valence-electron chi connectivity index (χ2n) is 4.63. The molecule has 1 aromatic heterocycles. The molecule has 21 heavy (non-hydrogen) atoms. The van der Waals surface area contributed by atoms with Crippen molar-refractivity contribution in [2.45, 2.75) is 6.18 Å². The number of hydrogen-bond acceptors (Lipinski definition) is 3. The molecule has 1 saturated heterocycles. The molecule has 4 nitrogen and oxygen atoms in total. The van der Waals surface area contributed by atoms with Crippen LogP contribution >= 0.6 is 11.3 Å². The highest BCUT2D eigenvalue weighted by atomic mass is 32.1. The molecule has 0 aromatic carbocycles. The largest absolute Gasteiger partial charge is 0.425 e. The van der Waals surface area contributed by atoms with Crippen LogP contribution in [0.15, 0.2) is 17.5 Å². The van der Waals surface area contributed by atoms with Crippen molar-refractivity contribution >= 4 is 29.2 Å². The Morgan fingerprint density at radius 1 is 1.43 bits per heavy atom.